The molecule has 0 amide bonds. The highest BCUT2D eigenvalue weighted by molar-refractivity contribution is 5.43. The lowest BCUT2D eigenvalue weighted by Gasteiger charge is -2.17. The standard InChI is InChI=1S/C11H19N5O/c1-17-7-5-14-11-13-4-2-10(15-11)16-6-3-9(12)8-16/h2,4,9H,3,5-8,12H2,1H3,(H,13,14,15)/t9-/m1/s1. The average molecular weight is 237 g/mol. The number of nitrogens with two attached hydrogens (primary N) is 1. The van der Waals surface area contributed by atoms with Gasteiger partial charge < -0.3 is 20.7 Å². The molecular weight excluding hydrogens is 218 g/mol. The number of nitrogens with one attached hydrogen (secondary N) is 1. The summed E-state index contributed by atoms with van der Waals surface area (Å²) in [5, 5.41) is 3.12. The van der Waals surface area contributed by atoms with Crippen LogP contribution in [0.4, 0.5) is 11.8 Å². The van der Waals surface area contributed by atoms with E-state index in [4.69, 9.17) is 10.5 Å². The molecule has 1 fully saturated rings. The van der Waals surface area contributed by atoms with Crippen molar-refractivity contribution in [2.75, 3.05) is 43.6 Å². The van der Waals surface area contributed by atoms with E-state index in [9.17, 15) is 0 Å². The fourth-order valence-electron chi connectivity index (χ4n) is 1.87. The highest BCUT2D eigenvalue weighted by Crippen LogP contribution is 2.17. The summed E-state index contributed by atoms with van der Waals surface area (Å²) in [4.78, 5) is 10.8. The fraction of sp³-hybridized carbons (Fsp3) is 0.636. The summed E-state index contributed by atoms with van der Waals surface area (Å²) in [7, 11) is 1.67. The number of aromatic nitrogens is 2. The van der Waals surface area contributed by atoms with Crippen molar-refractivity contribution in [3.63, 3.8) is 0 Å². The fourth-order valence-corrected chi connectivity index (χ4v) is 1.87. The first-order chi connectivity index (χ1) is 8.29. The van der Waals surface area contributed by atoms with E-state index >= 15 is 0 Å². The van der Waals surface area contributed by atoms with Gasteiger partial charge in [0, 0.05) is 39.0 Å². The Morgan fingerprint density at radius 3 is 3.24 bits per heavy atom. The van der Waals surface area contributed by atoms with E-state index in [0.717, 1.165) is 25.3 Å². The lowest BCUT2D eigenvalue weighted by molar-refractivity contribution is 0.210. The predicted octanol–water partition coefficient (Wildman–Crippen LogP) is 0.0723. The summed E-state index contributed by atoms with van der Waals surface area (Å²) in [6, 6.07) is 2.18. The topological polar surface area (TPSA) is 76.3 Å². The summed E-state index contributed by atoms with van der Waals surface area (Å²) in [6.07, 6.45) is 2.79. The smallest absolute Gasteiger partial charge is 0.224 e. The quantitative estimate of drug-likeness (QED) is 0.706. The first kappa shape index (κ1) is 12.1. The molecule has 17 heavy (non-hydrogen) atoms. The van der Waals surface area contributed by atoms with Gasteiger partial charge in [-0.25, -0.2) is 4.98 Å². The normalized spacial score (nSPS) is 19.6. The van der Waals surface area contributed by atoms with Gasteiger partial charge in [0.15, 0.2) is 0 Å². The number of hydrogen-bond donors (Lipinski definition) is 2. The molecule has 94 valence electrons. The predicted molar refractivity (Wildman–Crippen MR) is 67.2 cm³/mol. The van der Waals surface area contributed by atoms with E-state index in [-0.39, 0.29) is 6.04 Å². The van der Waals surface area contributed by atoms with Gasteiger partial charge in [0.2, 0.25) is 5.95 Å². The zero-order valence-corrected chi connectivity index (χ0v) is 10.1. The van der Waals surface area contributed by atoms with Gasteiger partial charge >= 0.3 is 0 Å². The second-order valence-corrected chi connectivity index (χ2v) is 4.15. The molecule has 1 aliphatic rings. The highest BCUT2D eigenvalue weighted by Gasteiger charge is 2.20. The monoisotopic (exact) mass is 237 g/mol. The third-order valence-corrected chi connectivity index (χ3v) is 2.78. The lowest BCUT2D eigenvalue weighted by atomic mass is 10.3. The van der Waals surface area contributed by atoms with E-state index < -0.39 is 0 Å². The van der Waals surface area contributed by atoms with E-state index in [1.165, 1.54) is 0 Å². The molecule has 3 N–H and O–H groups in total. The second kappa shape index (κ2) is 5.79. The molecule has 1 saturated heterocycles. The van der Waals surface area contributed by atoms with Crippen LogP contribution < -0.4 is 16.0 Å². The van der Waals surface area contributed by atoms with Gasteiger partial charge in [-0.15, -0.1) is 0 Å². The molecule has 0 saturated carbocycles. The van der Waals surface area contributed by atoms with Crippen LogP contribution in [0.15, 0.2) is 12.3 Å². The zero-order valence-electron chi connectivity index (χ0n) is 10.1. The Morgan fingerprint density at radius 2 is 2.53 bits per heavy atom. The Labute approximate surface area is 101 Å². The number of methoxy groups -OCH3 is 1. The summed E-state index contributed by atoms with van der Waals surface area (Å²) in [5.74, 6) is 1.58. The van der Waals surface area contributed by atoms with Crippen LogP contribution in [0.1, 0.15) is 6.42 Å². The van der Waals surface area contributed by atoms with Gasteiger partial charge in [-0.3, -0.25) is 0 Å². The molecule has 6 nitrogen and oxygen atoms in total. The maximum atomic E-state index is 5.88. The molecule has 0 aliphatic carbocycles. The first-order valence-corrected chi connectivity index (χ1v) is 5.86. The number of hydrogen-bond acceptors (Lipinski definition) is 6. The van der Waals surface area contributed by atoms with E-state index in [1.54, 1.807) is 13.3 Å². The Morgan fingerprint density at radius 1 is 1.65 bits per heavy atom. The summed E-state index contributed by atoms with van der Waals surface area (Å²) >= 11 is 0. The van der Waals surface area contributed by atoms with Crippen molar-refractivity contribution < 1.29 is 4.74 Å². The van der Waals surface area contributed by atoms with Crippen LogP contribution in [0.2, 0.25) is 0 Å². The highest BCUT2D eigenvalue weighted by atomic mass is 16.5. The van der Waals surface area contributed by atoms with Crippen molar-refractivity contribution in [1.82, 2.24) is 9.97 Å². The van der Waals surface area contributed by atoms with Crippen LogP contribution in [0, 0.1) is 0 Å². The summed E-state index contributed by atoms with van der Waals surface area (Å²) in [6.45, 7) is 3.19. The Bertz CT molecular complexity index is 359. The molecule has 6 heteroatoms. The van der Waals surface area contributed by atoms with Crippen molar-refractivity contribution in [2.24, 2.45) is 5.73 Å². The Hall–Kier alpha value is -1.40. The minimum absolute atomic E-state index is 0.259. The number of ether oxygens (including phenoxy) is 1. The molecule has 1 aliphatic heterocycles. The SMILES string of the molecule is COCCNc1nccc(N2CC[C@@H](N)C2)n1. The van der Waals surface area contributed by atoms with Gasteiger partial charge in [0.1, 0.15) is 5.82 Å². The molecule has 0 bridgehead atoms. The summed E-state index contributed by atoms with van der Waals surface area (Å²) < 4.78 is 4.96. The lowest BCUT2D eigenvalue weighted by Crippen LogP contribution is -2.27. The summed E-state index contributed by atoms with van der Waals surface area (Å²) in [5.41, 5.74) is 5.88. The Kier molecular flexibility index (Phi) is 4.11. The van der Waals surface area contributed by atoms with Crippen LogP contribution in [0.5, 0.6) is 0 Å². The number of rotatable bonds is 5. The maximum absolute atomic E-state index is 5.88. The van der Waals surface area contributed by atoms with Crippen LogP contribution in [0.3, 0.4) is 0 Å². The molecule has 2 heterocycles. The molecule has 0 radical (unpaired) electrons. The van der Waals surface area contributed by atoms with Crippen molar-refractivity contribution in [3.05, 3.63) is 12.3 Å². The van der Waals surface area contributed by atoms with Gasteiger partial charge in [-0.1, -0.05) is 0 Å². The minimum atomic E-state index is 0.259. The third kappa shape index (κ3) is 3.28. The van der Waals surface area contributed by atoms with Gasteiger partial charge in [-0.2, -0.15) is 4.98 Å². The van der Waals surface area contributed by atoms with Crippen molar-refractivity contribution in [2.45, 2.75) is 12.5 Å². The van der Waals surface area contributed by atoms with Gasteiger partial charge in [-0.05, 0) is 12.5 Å². The van der Waals surface area contributed by atoms with Crippen molar-refractivity contribution >= 4 is 11.8 Å². The van der Waals surface area contributed by atoms with E-state index in [0.29, 0.717) is 19.1 Å². The van der Waals surface area contributed by atoms with Crippen LogP contribution in [0.25, 0.3) is 0 Å². The Balaban J connectivity index is 1.96. The largest absolute Gasteiger partial charge is 0.383 e. The van der Waals surface area contributed by atoms with E-state index in [2.05, 4.69) is 20.2 Å². The molecule has 1 atom stereocenters. The van der Waals surface area contributed by atoms with Gasteiger partial charge in [0.25, 0.3) is 0 Å². The second-order valence-electron chi connectivity index (χ2n) is 4.15. The average Bonchev–Trinajstić information content (AvgIpc) is 2.77. The molecular formula is C11H19N5O. The molecule has 1 aromatic rings. The minimum Gasteiger partial charge on any atom is -0.383 e. The zero-order chi connectivity index (χ0) is 12.1. The van der Waals surface area contributed by atoms with Crippen LogP contribution in [-0.2, 0) is 4.74 Å². The molecule has 0 spiro atoms. The van der Waals surface area contributed by atoms with Gasteiger partial charge in [0.05, 0.1) is 6.61 Å². The molecule has 1 aromatic heterocycles. The maximum Gasteiger partial charge on any atom is 0.224 e. The van der Waals surface area contributed by atoms with E-state index in [1.807, 2.05) is 6.07 Å². The molecule has 0 unspecified atom stereocenters. The first-order valence-electron chi connectivity index (χ1n) is 5.86. The van der Waals surface area contributed by atoms with Crippen LogP contribution in [-0.4, -0.2) is 49.4 Å². The van der Waals surface area contributed by atoms with Crippen LogP contribution >= 0.6 is 0 Å². The molecule has 0 aromatic carbocycles. The van der Waals surface area contributed by atoms with Crippen molar-refractivity contribution in [1.29, 1.82) is 0 Å². The molecule has 2 rings (SSSR count). The number of anilines is 2. The third-order valence-electron chi connectivity index (χ3n) is 2.78. The number of nitrogens with zero attached hydrogens (tertiary/aromatic N) is 3. The van der Waals surface area contributed by atoms with Crippen molar-refractivity contribution in [3.8, 4) is 0 Å².